The van der Waals surface area contributed by atoms with Crippen LogP contribution in [0.2, 0.25) is 5.02 Å². The summed E-state index contributed by atoms with van der Waals surface area (Å²) in [7, 11) is 0. The van der Waals surface area contributed by atoms with Crippen molar-refractivity contribution in [2.75, 3.05) is 18.4 Å². The van der Waals surface area contributed by atoms with Gasteiger partial charge in [-0.15, -0.1) is 0 Å². The van der Waals surface area contributed by atoms with E-state index in [0.29, 0.717) is 18.8 Å². The van der Waals surface area contributed by atoms with Gasteiger partial charge in [-0.2, -0.15) is 0 Å². The van der Waals surface area contributed by atoms with E-state index in [0.717, 1.165) is 12.8 Å². The Balaban J connectivity index is 2.76. The molecule has 20 heavy (non-hydrogen) atoms. The fourth-order valence-corrected chi connectivity index (χ4v) is 1.89. The van der Waals surface area contributed by atoms with Crippen molar-refractivity contribution in [2.24, 2.45) is 0 Å². The number of carbonyl (C=O) groups excluding carboxylic acids is 1. The second kappa shape index (κ2) is 7.69. The lowest BCUT2D eigenvalue weighted by molar-refractivity contribution is -0.384. The first kappa shape index (κ1) is 16.2. The molecule has 0 aliphatic carbocycles. The maximum Gasteiger partial charge on any atom is 0.321 e. The van der Waals surface area contributed by atoms with Crippen molar-refractivity contribution < 1.29 is 9.72 Å². The molecule has 6 nitrogen and oxygen atoms in total. The number of urea groups is 1. The van der Waals surface area contributed by atoms with E-state index in [4.69, 9.17) is 11.6 Å². The molecule has 0 spiro atoms. The van der Waals surface area contributed by atoms with E-state index in [1.807, 2.05) is 6.92 Å². The quantitative estimate of drug-likeness (QED) is 0.639. The summed E-state index contributed by atoms with van der Waals surface area (Å²) in [5.74, 6) is 0. The fourth-order valence-electron chi connectivity index (χ4n) is 1.67. The number of unbranched alkanes of at least 4 members (excludes halogenated alkanes) is 1. The Hall–Kier alpha value is -1.82. The summed E-state index contributed by atoms with van der Waals surface area (Å²) in [6.07, 6.45) is 1.93. The number of carbonyl (C=O) groups is 1. The molecule has 1 aromatic rings. The van der Waals surface area contributed by atoms with Crippen LogP contribution in [0.3, 0.4) is 0 Å². The van der Waals surface area contributed by atoms with Gasteiger partial charge in [0, 0.05) is 25.2 Å². The minimum atomic E-state index is -0.531. The molecule has 7 heteroatoms. The Labute approximate surface area is 122 Å². The number of nitro benzene ring substituents is 1. The predicted molar refractivity (Wildman–Crippen MR) is 79.3 cm³/mol. The van der Waals surface area contributed by atoms with Crippen LogP contribution in [0.25, 0.3) is 0 Å². The van der Waals surface area contributed by atoms with E-state index in [9.17, 15) is 14.9 Å². The number of halogens is 1. The first-order valence-corrected chi connectivity index (χ1v) is 6.87. The zero-order valence-electron chi connectivity index (χ0n) is 11.6. The second-order valence-corrected chi connectivity index (χ2v) is 4.69. The van der Waals surface area contributed by atoms with Gasteiger partial charge in [0.25, 0.3) is 5.69 Å². The molecule has 1 aromatic carbocycles. The Morgan fingerprint density at radius 2 is 2.15 bits per heavy atom. The standard InChI is InChI=1S/C13H18ClN3O3/c1-3-5-8-16(4-2)13(18)15-12-7-6-10(17(19)20)9-11(12)14/h6-7,9H,3-5,8H2,1-2H3,(H,15,18). The third-order valence-corrected chi connectivity index (χ3v) is 3.17. The highest BCUT2D eigenvalue weighted by molar-refractivity contribution is 6.33. The van der Waals surface area contributed by atoms with Crippen LogP contribution < -0.4 is 5.32 Å². The molecule has 0 bridgehead atoms. The third kappa shape index (κ3) is 4.38. The zero-order chi connectivity index (χ0) is 15.1. The van der Waals surface area contributed by atoms with Crippen molar-refractivity contribution in [3.63, 3.8) is 0 Å². The number of nitro groups is 1. The molecule has 0 aliphatic rings. The molecule has 0 saturated carbocycles. The van der Waals surface area contributed by atoms with Gasteiger partial charge in [0.05, 0.1) is 15.6 Å². The summed E-state index contributed by atoms with van der Waals surface area (Å²) in [5, 5.41) is 13.4. The van der Waals surface area contributed by atoms with E-state index in [1.54, 1.807) is 4.90 Å². The van der Waals surface area contributed by atoms with E-state index >= 15 is 0 Å². The van der Waals surface area contributed by atoms with Crippen molar-refractivity contribution >= 4 is 29.0 Å². The molecular formula is C13H18ClN3O3. The van der Waals surface area contributed by atoms with Gasteiger partial charge in [0.1, 0.15) is 0 Å². The van der Waals surface area contributed by atoms with Gasteiger partial charge in [0.2, 0.25) is 0 Å². The average molecular weight is 300 g/mol. The number of benzene rings is 1. The van der Waals surface area contributed by atoms with Gasteiger partial charge in [-0.3, -0.25) is 10.1 Å². The minimum Gasteiger partial charge on any atom is -0.325 e. The van der Waals surface area contributed by atoms with Crippen molar-refractivity contribution in [1.29, 1.82) is 0 Å². The summed E-state index contributed by atoms with van der Waals surface area (Å²) in [4.78, 5) is 23.8. The maximum atomic E-state index is 12.0. The van der Waals surface area contributed by atoms with Gasteiger partial charge in [-0.05, 0) is 19.4 Å². The van der Waals surface area contributed by atoms with Crippen LogP contribution in [-0.2, 0) is 0 Å². The summed E-state index contributed by atoms with van der Waals surface area (Å²) >= 11 is 5.93. The number of nitrogens with zero attached hydrogens (tertiary/aromatic N) is 2. The monoisotopic (exact) mass is 299 g/mol. The Morgan fingerprint density at radius 1 is 1.45 bits per heavy atom. The van der Waals surface area contributed by atoms with Crippen LogP contribution in [-0.4, -0.2) is 28.9 Å². The molecule has 0 aromatic heterocycles. The third-order valence-electron chi connectivity index (χ3n) is 2.86. The molecule has 0 aliphatic heterocycles. The Bertz CT molecular complexity index is 494. The van der Waals surface area contributed by atoms with Gasteiger partial charge >= 0.3 is 6.03 Å². The van der Waals surface area contributed by atoms with Crippen molar-refractivity contribution in [1.82, 2.24) is 4.90 Å². The molecule has 110 valence electrons. The van der Waals surface area contributed by atoms with Gasteiger partial charge in [-0.25, -0.2) is 4.79 Å². The van der Waals surface area contributed by atoms with E-state index in [1.165, 1.54) is 18.2 Å². The first-order valence-electron chi connectivity index (χ1n) is 6.49. The fraction of sp³-hybridized carbons (Fsp3) is 0.462. The summed E-state index contributed by atoms with van der Waals surface area (Å²) in [6.45, 7) is 5.21. The van der Waals surface area contributed by atoms with Crippen molar-refractivity contribution in [3.8, 4) is 0 Å². The highest BCUT2D eigenvalue weighted by Gasteiger charge is 2.14. The smallest absolute Gasteiger partial charge is 0.321 e. The largest absolute Gasteiger partial charge is 0.325 e. The average Bonchev–Trinajstić information content (AvgIpc) is 2.41. The summed E-state index contributed by atoms with van der Waals surface area (Å²) in [6, 6.07) is 3.71. The Morgan fingerprint density at radius 3 is 2.65 bits per heavy atom. The van der Waals surface area contributed by atoms with Crippen LogP contribution in [0.15, 0.2) is 18.2 Å². The van der Waals surface area contributed by atoms with Crippen LogP contribution in [0.4, 0.5) is 16.2 Å². The van der Waals surface area contributed by atoms with Crippen LogP contribution in [0.5, 0.6) is 0 Å². The van der Waals surface area contributed by atoms with Crippen molar-refractivity contribution in [2.45, 2.75) is 26.7 Å². The molecule has 2 amide bonds. The second-order valence-electron chi connectivity index (χ2n) is 4.28. The minimum absolute atomic E-state index is 0.105. The molecule has 0 heterocycles. The lowest BCUT2D eigenvalue weighted by atomic mass is 10.3. The topological polar surface area (TPSA) is 75.5 Å². The molecule has 0 fully saturated rings. The molecule has 0 unspecified atom stereocenters. The number of hydrogen-bond donors (Lipinski definition) is 1. The maximum absolute atomic E-state index is 12.0. The molecular weight excluding hydrogens is 282 g/mol. The Kier molecular flexibility index (Phi) is 6.24. The number of amides is 2. The van der Waals surface area contributed by atoms with Crippen LogP contribution >= 0.6 is 11.6 Å². The summed E-state index contributed by atoms with van der Waals surface area (Å²) in [5.41, 5.74) is 0.267. The van der Waals surface area contributed by atoms with Crippen LogP contribution in [0.1, 0.15) is 26.7 Å². The SMILES string of the molecule is CCCCN(CC)C(=O)Nc1ccc([N+](=O)[O-])cc1Cl. The molecule has 0 atom stereocenters. The predicted octanol–water partition coefficient (Wildman–Crippen LogP) is 3.90. The number of anilines is 1. The number of hydrogen-bond acceptors (Lipinski definition) is 3. The highest BCUT2D eigenvalue weighted by Crippen LogP contribution is 2.26. The van der Waals surface area contributed by atoms with E-state index in [-0.39, 0.29) is 16.7 Å². The van der Waals surface area contributed by atoms with Gasteiger partial charge < -0.3 is 10.2 Å². The lowest BCUT2D eigenvalue weighted by Crippen LogP contribution is -2.35. The van der Waals surface area contributed by atoms with Crippen molar-refractivity contribution in [3.05, 3.63) is 33.3 Å². The zero-order valence-corrected chi connectivity index (χ0v) is 12.3. The number of nitrogens with one attached hydrogen (secondary N) is 1. The lowest BCUT2D eigenvalue weighted by Gasteiger charge is -2.21. The van der Waals surface area contributed by atoms with Gasteiger partial charge in [0.15, 0.2) is 0 Å². The molecule has 1 N–H and O–H groups in total. The van der Waals surface area contributed by atoms with Gasteiger partial charge in [-0.1, -0.05) is 24.9 Å². The molecule has 0 radical (unpaired) electrons. The number of non-ortho nitro benzene ring substituents is 1. The van der Waals surface area contributed by atoms with E-state index in [2.05, 4.69) is 12.2 Å². The highest BCUT2D eigenvalue weighted by atomic mass is 35.5. The van der Waals surface area contributed by atoms with E-state index < -0.39 is 4.92 Å². The number of rotatable bonds is 6. The first-order chi connectivity index (χ1) is 9.49. The molecule has 1 rings (SSSR count). The van der Waals surface area contributed by atoms with Crippen LogP contribution in [0, 0.1) is 10.1 Å². The molecule has 0 saturated heterocycles. The summed E-state index contributed by atoms with van der Waals surface area (Å²) < 4.78 is 0. The normalized spacial score (nSPS) is 10.2.